The number of rotatable bonds is 1. The van der Waals surface area contributed by atoms with Crippen LogP contribution in [0.5, 0.6) is 0 Å². The number of piperidine rings is 1. The number of likely N-dealkylation sites (tertiary alicyclic amines) is 1. The number of amides is 1. The summed E-state index contributed by atoms with van der Waals surface area (Å²) in [6.45, 7) is 0.832. The number of hydrogen-bond acceptors (Lipinski definition) is 3. The third kappa shape index (κ3) is 2.49. The summed E-state index contributed by atoms with van der Waals surface area (Å²) in [5, 5.41) is 0.391. The second-order valence-corrected chi connectivity index (χ2v) is 6.25. The smallest absolute Gasteiger partial charge is 0.255 e. The zero-order valence-corrected chi connectivity index (χ0v) is 12.3. The number of aromatic nitrogens is 1. The SMILES string of the molecule is Nc1cc(C(=O)N2CCC[C@H]3CCCC[C@H]32)c(Cl)cn1. The summed E-state index contributed by atoms with van der Waals surface area (Å²) in [5.74, 6) is 1.02. The van der Waals surface area contributed by atoms with E-state index in [0.717, 1.165) is 19.4 Å². The standard InChI is InChI=1S/C15H20ClN3O/c16-12-9-18-14(17)8-11(12)15(20)19-7-3-5-10-4-1-2-6-13(10)19/h8-10,13H,1-7H2,(H2,17,18)/t10-,13-/m1/s1. The summed E-state index contributed by atoms with van der Waals surface area (Å²) in [4.78, 5) is 18.7. The van der Waals surface area contributed by atoms with E-state index in [1.165, 1.54) is 31.9 Å². The van der Waals surface area contributed by atoms with Gasteiger partial charge in [-0.1, -0.05) is 24.4 Å². The molecule has 2 atom stereocenters. The number of halogens is 1. The molecule has 2 fully saturated rings. The monoisotopic (exact) mass is 293 g/mol. The number of carbonyl (C=O) groups is 1. The van der Waals surface area contributed by atoms with Gasteiger partial charge in [0, 0.05) is 18.8 Å². The van der Waals surface area contributed by atoms with Crippen LogP contribution in [0.25, 0.3) is 0 Å². The van der Waals surface area contributed by atoms with Crippen LogP contribution in [0.15, 0.2) is 12.3 Å². The van der Waals surface area contributed by atoms with Crippen LogP contribution in [0.3, 0.4) is 0 Å². The summed E-state index contributed by atoms with van der Waals surface area (Å²) in [5.41, 5.74) is 6.18. The molecule has 0 aromatic carbocycles. The Bertz CT molecular complexity index is 518. The van der Waals surface area contributed by atoms with Crippen molar-refractivity contribution in [1.29, 1.82) is 0 Å². The van der Waals surface area contributed by atoms with E-state index < -0.39 is 0 Å². The van der Waals surface area contributed by atoms with Gasteiger partial charge in [0.1, 0.15) is 5.82 Å². The molecule has 108 valence electrons. The maximum Gasteiger partial charge on any atom is 0.255 e. The van der Waals surface area contributed by atoms with E-state index in [0.29, 0.717) is 28.4 Å². The van der Waals surface area contributed by atoms with Crippen molar-refractivity contribution in [1.82, 2.24) is 9.88 Å². The van der Waals surface area contributed by atoms with Crippen LogP contribution >= 0.6 is 11.6 Å². The number of hydrogen-bond donors (Lipinski definition) is 1. The van der Waals surface area contributed by atoms with Gasteiger partial charge in [0.25, 0.3) is 5.91 Å². The van der Waals surface area contributed by atoms with Crippen molar-refractivity contribution >= 4 is 23.3 Å². The number of nitrogens with two attached hydrogens (primary N) is 1. The van der Waals surface area contributed by atoms with Gasteiger partial charge >= 0.3 is 0 Å². The van der Waals surface area contributed by atoms with Crippen LogP contribution in [-0.2, 0) is 0 Å². The van der Waals surface area contributed by atoms with Crippen molar-refractivity contribution in [2.24, 2.45) is 5.92 Å². The first-order valence-corrected chi connectivity index (χ1v) is 7.76. The molecule has 5 heteroatoms. The molecule has 2 heterocycles. The lowest BCUT2D eigenvalue weighted by Gasteiger charge is -2.44. The largest absolute Gasteiger partial charge is 0.384 e. The van der Waals surface area contributed by atoms with Crippen LogP contribution in [0, 0.1) is 5.92 Å². The summed E-state index contributed by atoms with van der Waals surface area (Å²) in [7, 11) is 0. The van der Waals surface area contributed by atoms with Gasteiger partial charge in [-0.05, 0) is 37.7 Å². The van der Waals surface area contributed by atoms with E-state index in [9.17, 15) is 4.79 Å². The van der Waals surface area contributed by atoms with Crippen LogP contribution in [-0.4, -0.2) is 28.4 Å². The van der Waals surface area contributed by atoms with Crippen LogP contribution in [0.4, 0.5) is 5.82 Å². The summed E-state index contributed by atoms with van der Waals surface area (Å²) in [6.07, 6.45) is 8.69. The van der Waals surface area contributed by atoms with E-state index in [1.54, 1.807) is 6.07 Å². The molecule has 1 saturated heterocycles. The number of nitrogen functional groups attached to an aromatic ring is 1. The molecule has 1 aliphatic heterocycles. The summed E-state index contributed by atoms with van der Waals surface area (Å²) >= 11 is 6.12. The Kier molecular flexibility index (Phi) is 3.83. The number of anilines is 1. The molecular formula is C15H20ClN3O. The van der Waals surface area contributed by atoms with Gasteiger partial charge in [-0.3, -0.25) is 4.79 Å². The fourth-order valence-corrected chi connectivity index (χ4v) is 3.83. The molecule has 0 bridgehead atoms. The first kappa shape index (κ1) is 13.7. The van der Waals surface area contributed by atoms with Gasteiger partial charge < -0.3 is 10.6 Å². The zero-order chi connectivity index (χ0) is 14.1. The molecule has 2 N–H and O–H groups in total. The first-order valence-electron chi connectivity index (χ1n) is 7.39. The van der Waals surface area contributed by atoms with Gasteiger partial charge in [-0.25, -0.2) is 4.98 Å². The molecule has 2 aliphatic rings. The Hall–Kier alpha value is -1.29. The number of pyridine rings is 1. The highest BCUT2D eigenvalue weighted by Gasteiger charge is 2.36. The summed E-state index contributed by atoms with van der Waals surface area (Å²) in [6, 6.07) is 1.98. The molecule has 0 unspecified atom stereocenters. The molecular weight excluding hydrogens is 274 g/mol. The predicted molar refractivity (Wildman–Crippen MR) is 79.7 cm³/mol. The molecule has 1 aromatic rings. The van der Waals surface area contributed by atoms with Crippen molar-refractivity contribution in [3.63, 3.8) is 0 Å². The summed E-state index contributed by atoms with van der Waals surface area (Å²) < 4.78 is 0. The van der Waals surface area contributed by atoms with Crippen LogP contribution < -0.4 is 5.73 Å². The van der Waals surface area contributed by atoms with Crippen molar-refractivity contribution in [3.8, 4) is 0 Å². The van der Waals surface area contributed by atoms with Gasteiger partial charge in [0.05, 0.1) is 10.6 Å². The maximum absolute atomic E-state index is 12.8. The molecule has 1 amide bonds. The fourth-order valence-electron chi connectivity index (χ4n) is 3.65. The van der Waals surface area contributed by atoms with E-state index in [1.807, 2.05) is 4.90 Å². The topological polar surface area (TPSA) is 59.2 Å². The third-order valence-electron chi connectivity index (χ3n) is 4.61. The number of carbonyl (C=O) groups excluding carboxylic acids is 1. The van der Waals surface area contributed by atoms with Gasteiger partial charge in [0.15, 0.2) is 0 Å². The minimum atomic E-state index is 0.0145. The van der Waals surface area contributed by atoms with E-state index in [-0.39, 0.29) is 5.91 Å². The molecule has 20 heavy (non-hydrogen) atoms. The van der Waals surface area contributed by atoms with Gasteiger partial charge in [-0.15, -0.1) is 0 Å². The minimum absolute atomic E-state index is 0.0145. The lowest BCUT2D eigenvalue weighted by molar-refractivity contribution is 0.0391. The minimum Gasteiger partial charge on any atom is -0.384 e. The predicted octanol–water partition coefficient (Wildman–Crippen LogP) is 3.11. The van der Waals surface area contributed by atoms with Crippen molar-refractivity contribution in [2.75, 3.05) is 12.3 Å². The Balaban J connectivity index is 1.87. The maximum atomic E-state index is 12.8. The van der Waals surface area contributed by atoms with Crippen molar-refractivity contribution < 1.29 is 4.79 Å². The highest BCUT2D eigenvalue weighted by molar-refractivity contribution is 6.33. The number of fused-ring (bicyclic) bond motifs is 1. The molecule has 1 saturated carbocycles. The second-order valence-electron chi connectivity index (χ2n) is 5.84. The Morgan fingerprint density at radius 2 is 2.05 bits per heavy atom. The van der Waals surface area contributed by atoms with Gasteiger partial charge in [-0.2, -0.15) is 0 Å². The molecule has 0 spiro atoms. The second kappa shape index (κ2) is 5.60. The van der Waals surface area contributed by atoms with Gasteiger partial charge in [0.2, 0.25) is 0 Å². The van der Waals surface area contributed by atoms with Crippen molar-refractivity contribution in [3.05, 3.63) is 22.8 Å². The normalized spacial score (nSPS) is 26.1. The Labute approximate surface area is 124 Å². The first-order chi connectivity index (χ1) is 9.66. The lowest BCUT2D eigenvalue weighted by Crippen LogP contribution is -2.49. The Morgan fingerprint density at radius 3 is 2.90 bits per heavy atom. The lowest BCUT2D eigenvalue weighted by atomic mass is 9.78. The highest BCUT2D eigenvalue weighted by Crippen LogP contribution is 2.36. The van der Waals surface area contributed by atoms with Crippen LogP contribution in [0.1, 0.15) is 48.9 Å². The molecule has 1 aromatic heterocycles. The number of nitrogens with zero attached hydrogens (tertiary/aromatic N) is 2. The molecule has 3 rings (SSSR count). The third-order valence-corrected chi connectivity index (χ3v) is 4.91. The molecule has 4 nitrogen and oxygen atoms in total. The van der Waals surface area contributed by atoms with Crippen molar-refractivity contribution in [2.45, 2.75) is 44.6 Å². The Morgan fingerprint density at radius 1 is 1.30 bits per heavy atom. The molecule has 1 aliphatic carbocycles. The van der Waals surface area contributed by atoms with E-state index in [2.05, 4.69) is 4.98 Å². The molecule has 0 radical (unpaired) electrons. The van der Waals surface area contributed by atoms with Crippen LogP contribution in [0.2, 0.25) is 5.02 Å². The fraction of sp³-hybridized carbons (Fsp3) is 0.600. The average Bonchev–Trinajstić information content (AvgIpc) is 2.48. The van der Waals surface area contributed by atoms with E-state index >= 15 is 0 Å². The quantitative estimate of drug-likeness (QED) is 0.865. The average molecular weight is 294 g/mol. The highest BCUT2D eigenvalue weighted by atomic mass is 35.5. The zero-order valence-electron chi connectivity index (χ0n) is 11.5. The van der Waals surface area contributed by atoms with E-state index in [4.69, 9.17) is 17.3 Å².